The predicted molar refractivity (Wildman–Crippen MR) is 74.8 cm³/mol. The van der Waals surface area contributed by atoms with Gasteiger partial charge in [-0.3, -0.25) is 4.98 Å². The number of rotatable bonds is 4. The fourth-order valence-electron chi connectivity index (χ4n) is 2.87. The molecule has 1 fully saturated rings. The van der Waals surface area contributed by atoms with Gasteiger partial charge in [0.1, 0.15) is 5.75 Å². The molecule has 0 aromatic carbocycles. The minimum absolute atomic E-state index is 0.0852. The maximum Gasteiger partial charge on any atom is 0.141 e. The number of aromatic nitrogens is 1. The SMILES string of the molecule is Cc1ncc(CO)c(CNC2CCCCC2C)c1O. The molecule has 4 nitrogen and oxygen atoms in total. The minimum atomic E-state index is -0.0852. The summed E-state index contributed by atoms with van der Waals surface area (Å²) in [6.07, 6.45) is 6.71. The van der Waals surface area contributed by atoms with Gasteiger partial charge in [0.2, 0.25) is 0 Å². The minimum Gasteiger partial charge on any atom is -0.506 e. The molecule has 2 rings (SSSR count). The highest BCUT2D eigenvalue weighted by Crippen LogP contribution is 2.27. The van der Waals surface area contributed by atoms with Crippen LogP contribution in [-0.4, -0.2) is 21.2 Å². The highest BCUT2D eigenvalue weighted by Gasteiger charge is 2.21. The van der Waals surface area contributed by atoms with Crippen LogP contribution in [0.15, 0.2) is 6.20 Å². The Hall–Kier alpha value is -1.13. The van der Waals surface area contributed by atoms with Crippen LogP contribution in [0, 0.1) is 12.8 Å². The molecule has 0 aliphatic heterocycles. The highest BCUT2D eigenvalue weighted by atomic mass is 16.3. The summed E-state index contributed by atoms with van der Waals surface area (Å²) < 4.78 is 0. The molecule has 0 saturated heterocycles. The van der Waals surface area contributed by atoms with E-state index < -0.39 is 0 Å². The molecule has 1 heterocycles. The third kappa shape index (κ3) is 3.25. The molecule has 0 bridgehead atoms. The third-order valence-corrected chi connectivity index (χ3v) is 4.25. The molecule has 1 aromatic rings. The molecule has 4 heteroatoms. The summed E-state index contributed by atoms with van der Waals surface area (Å²) in [6, 6.07) is 0.508. The van der Waals surface area contributed by atoms with Crippen molar-refractivity contribution >= 4 is 0 Å². The van der Waals surface area contributed by atoms with E-state index in [2.05, 4.69) is 17.2 Å². The van der Waals surface area contributed by atoms with E-state index in [9.17, 15) is 10.2 Å². The maximum absolute atomic E-state index is 10.1. The normalized spacial score (nSPS) is 23.5. The van der Waals surface area contributed by atoms with Crippen LogP contribution in [-0.2, 0) is 13.2 Å². The first-order chi connectivity index (χ1) is 9.13. The number of aromatic hydroxyl groups is 1. The zero-order valence-corrected chi connectivity index (χ0v) is 11.8. The molecule has 0 amide bonds. The summed E-state index contributed by atoms with van der Waals surface area (Å²) in [6.45, 7) is 4.57. The standard InChI is InChI=1S/C15H24N2O2/c1-10-5-3-4-6-14(10)17-8-13-12(9-18)7-16-11(2)15(13)19/h7,10,14,17-19H,3-6,8-9H2,1-2H3. The van der Waals surface area contributed by atoms with E-state index in [4.69, 9.17) is 0 Å². The molecule has 1 aliphatic rings. The quantitative estimate of drug-likeness (QED) is 0.780. The second-order valence-electron chi connectivity index (χ2n) is 5.60. The topological polar surface area (TPSA) is 65.4 Å². The number of hydrogen-bond donors (Lipinski definition) is 3. The van der Waals surface area contributed by atoms with E-state index in [1.165, 1.54) is 25.7 Å². The Balaban J connectivity index is 2.08. The van der Waals surface area contributed by atoms with Crippen LogP contribution >= 0.6 is 0 Å². The summed E-state index contributed by atoms with van der Waals surface area (Å²) >= 11 is 0. The van der Waals surface area contributed by atoms with E-state index in [-0.39, 0.29) is 12.4 Å². The van der Waals surface area contributed by atoms with Gasteiger partial charge >= 0.3 is 0 Å². The van der Waals surface area contributed by atoms with Gasteiger partial charge < -0.3 is 15.5 Å². The van der Waals surface area contributed by atoms with Crippen molar-refractivity contribution in [3.8, 4) is 5.75 Å². The number of aryl methyl sites for hydroxylation is 1. The number of pyridine rings is 1. The molecular formula is C15H24N2O2. The van der Waals surface area contributed by atoms with Crippen molar-refractivity contribution in [1.29, 1.82) is 0 Å². The summed E-state index contributed by atoms with van der Waals surface area (Å²) in [5.41, 5.74) is 2.11. The Morgan fingerprint density at radius 2 is 2.11 bits per heavy atom. The number of nitrogens with zero attached hydrogens (tertiary/aromatic N) is 1. The molecule has 2 atom stereocenters. The summed E-state index contributed by atoms with van der Waals surface area (Å²) in [7, 11) is 0. The molecule has 0 radical (unpaired) electrons. The maximum atomic E-state index is 10.1. The van der Waals surface area contributed by atoms with Gasteiger partial charge in [-0.1, -0.05) is 19.8 Å². The second kappa shape index (κ2) is 6.35. The van der Waals surface area contributed by atoms with Gasteiger partial charge in [-0.05, 0) is 25.7 Å². The van der Waals surface area contributed by atoms with Crippen LogP contribution in [0.2, 0.25) is 0 Å². The average molecular weight is 264 g/mol. The van der Waals surface area contributed by atoms with Crippen molar-refractivity contribution in [3.63, 3.8) is 0 Å². The fraction of sp³-hybridized carbons (Fsp3) is 0.667. The monoisotopic (exact) mass is 264 g/mol. The lowest BCUT2D eigenvalue weighted by molar-refractivity contribution is 0.269. The summed E-state index contributed by atoms with van der Waals surface area (Å²) in [4.78, 5) is 4.08. The Morgan fingerprint density at radius 1 is 1.37 bits per heavy atom. The first-order valence-electron chi connectivity index (χ1n) is 7.14. The number of aliphatic hydroxyl groups is 1. The van der Waals surface area contributed by atoms with Crippen LogP contribution in [0.1, 0.15) is 49.4 Å². The fourth-order valence-corrected chi connectivity index (χ4v) is 2.87. The molecule has 3 N–H and O–H groups in total. The smallest absolute Gasteiger partial charge is 0.141 e. The molecule has 1 aromatic heterocycles. The lowest BCUT2D eigenvalue weighted by atomic mass is 9.86. The lowest BCUT2D eigenvalue weighted by Gasteiger charge is -2.30. The Kier molecular flexibility index (Phi) is 4.77. The van der Waals surface area contributed by atoms with Crippen LogP contribution in [0.25, 0.3) is 0 Å². The van der Waals surface area contributed by atoms with Gasteiger partial charge in [-0.25, -0.2) is 0 Å². The second-order valence-corrected chi connectivity index (χ2v) is 5.60. The molecule has 2 unspecified atom stereocenters. The Labute approximate surface area is 114 Å². The van der Waals surface area contributed by atoms with Gasteiger partial charge in [0.05, 0.1) is 12.3 Å². The summed E-state index contributed by atoms with van der Waals surface area (Å²) in [5.74, 6) is 0.888. The first kappa shape index (κ1) is 14.3. The summed E-state index contributed by atoms with van der Waals surface area (Å²) in [5, 5.41) is 23.0. The predicted octanol–water partition coefficient (Wildman–Crippen LogP) is 2.26. The van der Waals surface area contributed by atoms with Crippen molar-refractivity contribution in [1.82, 2.24) is 10.3 Å². The van der Waals surface area contributed by atoms with E-state index in [1.54, 1.807) is 13.1 Å². The van der Waals surface area contributed by atoms with Crippen LogP contribution in [0.4, 0.5) is 0 Å². The largest absolute Gasteiger partial charge is 0.506 e. The molecule has 106 valence electrons. The molecular weight excluding hydrogens is 240 g/mol. The van der Waals surface area contributed by atoms with Gasteiger partial charge in [0.25, 0.3) is 0 Å². The highest BCUT2D eigenvalue weighted by molar-refractivity contribution is 5.40. The van der Waals surface area contributed by atoms with Gasteiger partial charge in [-0.2, -0.15) is 0 Å². The molecule has 1 saturated carbocycles. The van der Waals surface area contributed by atoms with Crippen molar-refractivity contribution < 1.29 is 10.2 Å². The van der Waals surface area contributed by atoms with Crippen LogP contribution in [0.5, 0.6) is 5.75 Å². The number of nitrogens with one attached hydrogen (secondary N) is 1. The van der Waals surface area contributed by atoms with Crippen molar-refractivity contribution in [2.24, 2.45) is 5.92 Å². The van der Waals surface area contributed by atoms with E-state index >= 15 is 0 Å². The average Bonchev–Trinajstić information content (AvgIpc) is 2.42. The third-order valence-electron chi connectivity index (χ3n) is 4.25. The Morgan fingerprint density at radius 3 is 2.79 bits per heavy atom. The first-order valence-corrected chi connectivity index (χ1v) is 7.14. The lowest BCUT2D eigenvalue weighted by Crippen LogP contribution is -2.37. The molecule has 1 aliphatic carbocycles. The molecule has 0 spiro atoms. The van der Waals surface area contributed by atoms with E-state index in [0.29, 0.717) is 29.8 Å². The number of aliphatic hydroxyl groups excluding tert-OH is 1. The number of hydrogen-bond acceptors (Lipinski definition) is 4. The van der Waals surface area contributed by atoms with Crippen molar-refractivity contribution in [2.75, 3.05) is 0 Å². The Bertz CT molecular complexity index is 434. The van der Waals surface area contributed by atoms with E-state index in [1.807, 2.05) is 0 Å². The van der Waals surface area contributed by atoms with Crippen LogP contribution < -0.4 is 5.32 Å². The zero-order chi connectivity index (χ0) is 13.8. The van der Waals surface area contributed by atoms with Crippen LogP contribution in [0.3, 0.4) is 0 Å². The van der Waals surface area contributed by atoms with Gasteiger partial charge in [0.15, 0.2) is 0 Å². The van der Waals surface area contributed by atoms with E-state index in [0.717, 1.165) is 5.56 Å². The van der Waals surface area contributed by atoms with Crippen molar-refractivity contribution in [3.05, 3.63) is 23.0 Å². The van der Waals surface area contributed by atoms with Gasteiger partial charge in [0, 0.05) is 29.9 Å². The van der Waals surface area contributed by atoms with Gasteiger partial charge in [-0.15, -0.1) is 0 Å². The zero-order valence-electron chi connectivity index (χ0n) is 11.8. The molecule has 19 heavy (non-hydrogen) atoms. The van der Waals surface area contributed by atoms with Crippen molar-refractivity contribution in [2.45, 2.75) is 58.7 Å².